The van der Waals surface area contributed by atoms with Crippen LogP contribution in [-0.2, 0) is 12.8 Å². The molecule has 0 heterocycles. The van der Waals surface area contributed by atoms with Crippen molar-refractivity contribution in [3.05, 3.63) is 114 Å². The van der Waals surface area contributed by atoms with E-state index < -0.39 is 0 Å². The number of aryl methyl sites for hydroxylation is 2. The van der Waals surface area contributed by atoms with Gasteiger partial charge in [0.1, 0.15) is 5.75 Å². The molecule has 0 radical (unpaired) electrons. The molecule has 0 unspecified atom stereocenters. The van der Waals surface area contributed by atoms with Gasteiger partial charge in [0.05, 0.1) is 28.3 Å². The van der Waals surface area contributed by atoms with E-state index in [1.807, 2.05) is 60.7 Å². The molecule has 43 heavy (non-hydrogen) atoms. The number of hydrogen-bond donors (Lipinski definition) is 0. The summed E-state index contributed by atoms with van der Waals surface area (Å²) < 4.78 is 5.54. The summed E-state index contributed by atoms with van der Waals surface area (Å²) in [6.07, 6.45) is 12.1. The minimum atomic E-state index is -0.376. The van der Waals surface area contributed by atoms with Gasteiger partial charge in [-0.15, -0.1) is 0 Å². The first-order valence-corrected chi connectivity index (χ1v) is 15.6. The lowest BCUT2D eigenvalue weighted by Crippen LogP contribution is -2.08. The van der Waals surface area contributed by atoms with Crippen molar-refractivity contribution in [2.24, 2.45) is 20.5 Å². The molecule has 0 bridgehead atoms. The first kappa shape index (κ1) is 31.5. The molecular formula is C37H42N4O2. The third kappa shape index (κ3) is 11.0. The van der Waals surface area contributed by atoms with Gasteiger partial charge in [0.25, 0.3) is 0 Å². The molecule has 0 atom stereocenters. The molecule has 6 heteroatoms. The number of azo groups is 2. The molecule has 6 nitrogen and oxygen atoms in total. The summed E-state index contributed by atoms with van der Waals surface area (Å²) in [5.41, 5.74) is 6.07. The van der Waals surface area contributed by atoms with Crippen LogP contribution in [0.5, 0.6) is 5.75 Å². The molecule has 0 saturated heterocycles. The number of benzene rings is 4. The topological polar surface area (TPSA) is 75.7 Å². The van der Waals surface area contributed by atoms with Crippen molar-refractivity contribution in [3.8, 4) is 5.75 Å². The lowest BCUT2D eigenvalue weighted by atomic mass is 10.0. The first-order chi connectivity index (χ1) is 21.1. The summed E-state index contributed by atoms with van der Waals surface area (Å²) >= 11 is 0. The Morgan fingerprint density at radius 1 is 0.488 bits per heavy atom. The van der Waals surface area contributed by atoms with E-state index in [9.17, 15) is 4.79 Å². The molecule has 0 aliphatic heterocycles. The maximum atomic E-state index is 12.6. The van der Waals surface area contributed by atoms with E-state index in [1.54, 1.807) is 24.3 Å². The highest BCUT2D eigenvalue weighted by molar-refractivity contribution is 5.91. The normalized spacial score (nSPS) is 11.4. The number of unbranched alkanes of at least 4 members (excludes halogenated alkanes) is 6. The SMILES string of the molecule is CCCCCCc1ccc(/N=N/c2ccc(/N=N/c3ccc(OC(=O)c4ccc(CCCCCC)cc4)cc3)cc2)cc1. The van der Waals surface area contributed by atoms with E-state index in [2.05, 4.69) is 46.4 Å². The summed E-state index contributed by atoms with van der Waals surface area (Å²) in [5.74, 6) is 0.0860. The Labute approximate surface area is 256 Å². The van der Waals surface area contributed by atoms with Gasteiger partial charge in [0, 0.05) is 0 Å². The summed E-state index contributed by atoms with van der Waals surface area (Å²) in [5, 5.41) is 17.3. The van der Waals surface area contributed by atoms with E-state index in [1.165, 1.54) is 62.5 Å². The van der Waals surface area contributed by atoms with Crippen LogP contribution in [0.3, 0.4) is 0 Å². The number of carbonyl (C=O) groups excluding carboxylic acids is 1. The number of carbonyl (C=O) groups is 1. The van der Waals surface area contributed by atoms with Crippen molar-refractivity contribution in [3.63, 3.8) is 0 Å². The first-order valence-electron chi connectivity index (χ1n) is 15.6. The van der Waals surface area contributed by atoms with Crippen LogP contribution >= 0.6 is 0 Å². The molecule has 0 saturated carbocycles. The van der Waals surface area contributed by atoms with Crippen LogP contribution in [-0.4, -0.2) is 5.97 Å². The zero-order valence-electron chi connectivity index (χ0n) is 25.4. The van der Waals surface area contributed by atoms with Crippen molar-refractivity contribution >= 4 is 28.7 Å². The molecule has 222 valence electrons. The molecule has 0 aliphatic carbocycles. The predicted octanol–water partition coefficient (Wildman–Crippen LogP) is 12.0. The zero-order chi connectivity index (χ0) is 30.1. The lowest BCUT2D eigenvalue weighted by Gasteiger charge is -2.06. The van der Waals surface area contributed by atoms with Crippen LogP contribution < -0.4 is 4.74 Å². The predicted molar refractivity (Wildman–Crippen MR) is 175 cm³/mol. The van der Waals surface area contributed by atoms with Crippen LogP contribution in [0.4, 0.5) is 22.7 Å². The molecule has 0 spiro atoms. The van der Waals surface area contributed by atoms with Crippen LogP contribution in [0.2, 0.25) is 0 Å². The monoisotopic (exact) mass is 574 g/mol. The fraction of sp³-hybridized carbons (Fsp3) is 0.324. The van der Waals surface area contributed by atoms with Gasteiger partial charge in [-0.2, -0.15) is 20.5 Å². The van der Waals surface area contributed by atoms with Gasteiger partial charge in [0.2, 0.25) is 0 Å². The quantitative estimate of drug-likeness (QED) is 0.0577. The molecule has 0 fully saturated rings. The third-order valence-corrected chi connectivity index (χ3v) is 7.22. The highest BCUT2D eigenvalue weighted by Gasteiger charge is 2.09. The number of hydrogen-bond acceptors (Lipinski definition) is 6. The Morgan fingerprint density at radius 2 is 0.860 bits per heavy atom. The summed E-state index contributed by atoms with van der Waals surface area (Å²) in [4.78, 5) is 12.6. The van der Waals surface area contributed by atoms with Crippen molar-refractivity contribution in [2.75, 3.05) is 0 Å². The van der Waals surface area contributed by atoms with E-state index in [0.717, 1.165) is 24.2 Å². The number of rotatable bonds is 16. The average Bonchev–Trinajstić information content (AvgIpc) is 3.05. The molecule has 4 aromatic rings. The van der Waals surface area contributed by atoms with Crippen LogP contribution in [0.1, 0.15) is 86.7 Å². The fourth-order valence-corrected chi connectivity index (χ4v) is 4.61. The Morgan fingerprint density at radius 3 is 1.28 bits per heavy atom. The second kappa shape index (κ2) is 17.5. The maximum Gasteiger partial charge on any atom is 0.343 e. The number of nitrogens with zero attached hydrogens (tertiary/aromatic N) is 4. The number of ether oxygens (including phenoxy) is 1. The summed E-state index contributed by atoms with van der Waals surface area (Å²) in [6, 6.07) is 30.4. The third-order valence-electron chi connectivity index (χ3n) is 7.22. The molecule has 4 rings (SSSR count). The van der Waals surface area contributed by atoms with E-state index in [-0.39, 0.29) is 5.97 Å². The second-order valence-electron chi connectivity index (χ2n) is 10.8. The second-order valence-corrected chi connectivity index (χ2v) is 10.8. The van der Waals surface area contributed by atoms with Crippen LogP contribution in [0.15, 0.2) is 118 Å². The summed E-state index contributed by atoms with van der Waals surface area (Å²) in [7, 11) is 0. The highest BCUT2D eigenvalue weighted by Crippen LogP contribution is 2.25. The zero-order valence-corrected chi connectivity index (χ0v) is 25.4. The molecule has 0 amide bonds. The largest absolute Gasteiger partial charge is 0.423 e. The Hall–Kier alpha value is -4.45. The maximum absolute atomic E-state index is 12.6. The minimum absolute atomic E-state index is 0.376. The van der Waals surface area contributed by atoms with Gasteiger partial charge < -0.3 is 4.74 Å². The Kier molecular flexibility index (Phi) is 12.8. The average molecular weight is 575 g/mol. The van der Waals surface area contributed by atoms with Gasteiger partial charge in [-0.05, 0) is 110 Å². The summed E-state index contributed by atoms with van der Waals surface area (Å²) in [6.45, 7) is 4.44. The molecule has 4 aromatic carbocycles. The molecule has 0 aromatic heterocycles. The number of esters is 1. The van der Waals surface area contributed by atoms with Crippen molar-refractivity contribution in [2.45, 2.75) is 78.1 Å². The highest BCUT2D eigenvalue weighted by atomic mass is 16.5. The smallest absolute Gasteiger partial charge is 0.343 e. The fourth-order valence-electron chi connectivity index (χ4n) is 4.61. The van der Waals surface area contributed by atoms with Gasteiger partial charge in [-0.1, -0.05) is 76.6 Å². The van der Waals surface area contributed by atoms with Gasteiger partial charge in [-0.25, -0.2) is 4.79 Å². The van der Waals surface area contributed by atoms with E-state index >= 15 is 0 Å². The molecular weight excluding hydrogens is 532 g/mol. The minimum Gasteiger partial charge on any atom is -0.423 e. The lowest BCUT2D eigenvalue weighted by molar-refractivity contribution is 0.0734. The molecule has 0 N–H and O–H groups in total. The van der Waals surface area contributed by atoms with Crippen molar-refractivity contribution in [1.82, 2.24) is 0 Å². The standard InChI is InChI=1S/C37H42N4O2/c1-3-5-7-9-11-29-13-17-31(18-14-29)37(42)43-36-27-25-35(26-28-36)41-40-34-23-21-33(22-24-34)39-38-32-19-15-30(16-20-32)12-10-8-6-4-2/h13-28H,3-12H2,1-2H3/b39-38+,41-40+. The van der Waals surface area contributed by atoms with Crippen molar-refractivity contribution in [1.29, 1.82) is 0 Å². The van der Waals surface area contributed by atoms with Gasteiger partial charge in [0.15, 0.2) is 0 Å². The van der Waals surface area contributed by atoms with E-state index in [4.69, 9.17) is 4.74 Å². The van der Waals surface area contributed by atoms with Crippen LogP contribution in [0.25, 0.3) is 0 Å². The Balaban J connectivity index is 1.23. The molecule has 0 aliphatic rings. The van der Waals surface area contributed by atoms with Crippen molar-refractivity contribution < 1.29 is 9.53 Å². The Bertz CT molecular complexity index is 1440. The van der Waals surface area contributed by atoms with Gasteiger partial charge in [-0.3, -0.25) is 0 Å². The van der Waals surface area contributed by atoms with Crippen LogP contribution in [0, 0.1) is 0 Å². The van der Waals surface area contributed by atoms with Gasteiger partial charge >= 0.3 is 5.97 Å². The van der Waals surface area contributed by atoms with E-state index in [0.29, 0.717) is 22.7 Å².